The lowest BCUT2D eigenvalue weighted by atomic mass is 10.1. The minimum Gasteiger partial charge on any atom is -0.454 e. The van der Waals surface area contributed by atoms with E-state index < -0.39 is 0 Å². The molecule has 1 fully saturated rings. The fraction of sp³-hybridized carbons (Fsp3) is 0.600. The number of rotatable bonds is 4. The highest BCUT2D eigenvalue weighted by molar-refractivity contribution is 5.48. The molecule has 1 aromatic rings. The van der Waals surface area contributed by atoms with Crippen molar-refractivity contribution in [2.45, 2.75) is 38.9 Å². The van der Waals surface area contributed by atoms with Crippen molar-refractivity contribution in [3.63, 3.8) is 0 Å². The van der Waals surface area contributed by atoms with Crippen LogP contribution in [0.3, 0.4) is 0 Å². The van der Waals surface area contributed by atoms with Crippen LogP contribution in [-0.4, -0.2) is 36.9 Å². The van der Waals surface area contributed by atoms with E-state index in [1.54, 1.807) is 0 Å². The van der Waals surface area contributed by atoms with Crippen LogP contribution in [-0.2, 0) is 6.54 Å². The van der Waals surface area contributed by atoms with Gasteiger partial charge < -0.3 is 14.8 Å². The predicted molar refractivity (Wildman–Crippen MR) is 74.5 cm³/mol. The van der Waals surface area contributed by atoms with E-state index in [9.17, 15) is 0 Å². The number of para-hydroxylation sites is 1. The van der Waals surface area contributed by atoms with Crippen molar-refractivity contribution in [1.29, 1.82) is 0 Å². The van der Waals surface area contributed by atoms with Gasteiger partial charge in [-0.2, -0.15) is 0 Å². The number of benzene rings is 1. The summed E-state index contributed by atoms with van der Waals surface area (Å²) >= 11 is 0. The first kappa shape index (κ1) is 12.8. The summed E-state index contributed by atoms with van der Waals surface area (Å²) in [5, 5.41) is 3.64. The highest BCUT2D eigenvalue weighted by Gasteiger charge is 2.24. The molecule has 2 aliphatic rings. The molecule has 0 aromatic heterocycles. The number of hydrogen-bond acceptors (Lipinski definition) is 4. The largest absolute Gasteiger partial charge is 0.454 e. The zero-order chi connectivity index (χ0) is 13.2. The number of likely N-dealkylation sites (tertiary alicyclic amines) is 1. The topological polar surface area (TPSA) is 33.7 Å². The quantitative estimate of drug-likeness (QED) is 0.899. The van der Waals surface area contributed by atoms with Crippen LogP contribution in [0.25, 0.3) is 0 Å². The number of ether oxygens (including phenoxy) is 2. The van der Waals surface area contributed by atoms with E-state index in [2.05, 4.69) is 30.1 Å². The van der Waals surface area contributed by atoms with Gasteiger partial charge in [0.25, 0.3) is 0 Å². The minimum absolute atomic E-state index is 0.344. The summed E-state index contributed by atoms with van der Waals surface area (Å²) in [6, 6.07) is 7.32. The van der Waals surface area contributed by atoms with Gasteiger partial charge >= 0.3 is 0 Å². The van der Waals surface area contributed by atoms with Crippen LogP contribution in [0.2, 0.25) is 0 Å². The Morgan fingerprint density at radius 2 is 2.26 bits per heavy atom. The molecule has 104 valence electrons. The number of hydrogen-bond donors (Lipinski definition) is 1. The Morgan fingerprint density at radius 3 is 3.05 bits per heavy atom. The van der Waals surface area contributed by atoms with E-state index >= 15 is 0 Å². The van der Waals surface area contributed by atoms with Gasteiger partial charge in [-0.1, -0.05) is 12.1 Å². The Bertz CT molecular complexity index is 448. The lowest BCUT2D eigenvalue weighted by molar-refractivity contribution is 0.173. The maximum absolute atomic E-state index is 5.53. The molecule has 0 bridgehead atoms. The number of fused-ring (bicyclic) bond motifs is 1. The summed E-state index contributed by atoms with van der Waals surface area (Å²) < 4.78 is 10.9. The lowest BCUT2D eigenvalue weighted by Crippen LogP contribution is -2.34. The van der Waals surface area contributed by atoms with E-state index in [0.29, 0.717) is 18.9 Å². The summed E-state index contributed by atoms with van der Waals surface area (Å²) in [4.78, 5) is 2.52. The third-order valence-electron chi connectivity index (χ3n) is 4.01. The van der Waals surface area contributed by atoms with Crippen LogP contribution in [0.5, 0.6) is 11.5 Å². The fourth-order valence-corrected chi connectivity index (χ4v) is 2.81. The zero-order valence-corrected chi connectivity index (χ0v) is 11.7. The molecular formula is C15H22N2O2. The van der Waals surface area contributed by atoms with Crippen LogP contribution in [0.4, 0.5) is 0 Å². The molecule has 0 spiro atoms. The van der Waals surface area contributed by atoms with E-state index in [0.717, 1.165) is 24.6 Å². The molecule has 0 aliphatic carbocycles. The minimum atomic E-state index is 0.344. The Balaban J connectivity index is 1.57. The van der Waals surface area contributed by atoms with Gasteiger partial charge in [-0.15, -0.1) is 0 Å². The highest BCUT2D eigenvalue weighted by atomic mass is 16.7. The van der Waals surface area contributed by atoms with Gasteiger partial charge in [0.1, 0.15) is 0 Å². The fourth-order valence-electron chi connectivity index (χ4n) is 2.81. The third-order valence-corrected chi connectivity index (χ3v) is 4.01. The molecular weight excluding hydrogens is 240 g/mol. The summed E-state index contributed by atoms with van der Waals surface area (Å²) in [5.74, 6) is 1.78. The van der Waals surface area contributed by atoms with Crippen LogP contribution >= 0.6 is 0 Å². The van der Waals surface area contributed by atoms with Gasteiger partial charge in [0, 0.05) is 30.7 Å². The molecule has 2 heterocycles. The lowest BCUT2D eigenvalue weighted by Gasteiger charge is -2.20. The average Bonchev–Trinajstić information content (AvgIpc) is 3.05. The average molecular weight is 262 g/mol. The Morgan fingerprint density at radius 1 is 1.37 bits per heavy atom. The smallest absolute Gasteiger partial charge is 0.231 e. The van der Waals surface area contributed by atoms with Gasteiger partial charge in [0.2, 0.25) is 6.79 Å². The summed E-state index contributed by atoms with van der Waals surface area (Å²) in [6.07, 6.45) is 1.23. The van der Waals surface area contributed by atoms with Gasteiger partial charge in [0.05, 0.1) is 0 Å². The molecule has 1 atom stereocenters. The maximum atomic E-state index is 5.53. The van der Waals surface area contributed by atoms with E-state index in [1.807, 2.05) is 12.1 Å². The molecule has 1 unspecified atom stereocenters. The van der Waals surface area contributed by atoms with E-state index in [-0.39, 0.29) is 0 Å². The normalized spacial score (nSPS) is 22.4. The maximum Gasteiger partial charge on any atom is 0.231 e. The molecule has 1 N–H and O–H groups in total. The van der Waals surface area contributed by atoms with Gasteiger partial charge in [-0.25, -0.2) is 0 Å². The molecule has 2 aliphatic heterocycles. The molecule has 19 heavy (non-hydrogen) atoms. The van der Waals surface area contributed by atoms with Gasteiger partial charge in [-0.05, 0) is 32.9 Å². The van der Waals surface area contributed by atoms with Crippen molar-refractivity contribution in [3.8, 4) is 11.5 Å². The Labute approximate surface area is 114 Å². The molecule has 1 saturated heterocycles. The highest BCUT2D eigenvalue weighted by Crippen LogP contribution is 2.35. The van der Waals surface area contributed by atoms with Crippen molar-refractivity contribution >= 4 is 0 Å². The second-order valence-electron chi connectivity index (χ2n) is 5.61. The summed E-state index contributed by atoms with van der Waals surface area (Å²) in [7, 11) is 0. The van der Waals surface area contributed by atoms with Crippen molar-refractivity contribution < 1.29 is 9.47 Å². The molecule has 3 rings (SSSR count). The van der Waals surface area contributed by atoms with E-state index in [1.165, 1.54) is 18.5 Å². The second kappa shape index (κ2) is 5.39. The molecule has 0 amide bonds. The SMILES string of the molecule is CC(C)N1CCC(NCc2cccc3c2OCO3)C1. The van der Waals surface area contributed by atoms with Crippen molar-refractivity contribution in [2.24, 2.45) is 0 Å². The molecule has 1 aromatic carbocycles. The molecule has 0 radical (unpaired) electrons. The van der Waals surface area contributed by atoms with Crippen LogP contribution in [0, 0.1) is 0 Å². The first-order valence-corrected chi connectivity index (χ1v) is 7.09. The summed E-state index contributed by atoms with van der Waals surface area (Å²) in [5.41, 5.74) is 1.19. The van der Waals surface area contributed by atoms with Crippen molar-refractivity contribution in [1.82, 2.24) is 10.2 Å². The second-order valence-corrected chi connectivity index (χ2v) is 5.61. The van der Waals surface area contributed by atoms with Crippen LogP contribution in [0.1, 0.15) is 25.8 Å². The van der Waals surface area contributed by atoms with Crippen molar-refractivity contribution in [2.75, 3.05) is 19.9 Å². The Hall–Kier alpha value is -1.26. The molecule has 4 heteroatoms. The van der Waals surface area contributed by atoms with Crippen LogP contribution in [0.15, 0.2) is 18.2 Å². The third kappa shape index (κ3) is 2.69. The Kier molecular flexibility index (Phi) is 3.62. The summed E-state index contributed by atoms with van der Waals surface area (Å²) in [6.45, 7) is 8.06. The van der Waals surface area contributed by atoms with Gasteiger partial charge in [0.15, 0.2) is 11.5 Å². The first-order chi connectivity index (χ1) is 9.24. The van der Waals surface area contributed by atoms with Crippen LogP contribution < -0.4 is 14.8 Å². The molecule has 0 saturated carbocycles. The van der Waals surface area contributed by atoms with Crippen molar-refractivity contribution in [3.05, 3.63) is 23.8 Å². The standard InChI is InChI=1S/C15H22N2O2/c1-11(2)17-7-6-13(9-17)16-8-12-4-3-5-14-15(12)19-10-18-14/h3-5,11,13,16H,6-10H2,1-2H3. The van der Waals surface area contributed by atoms with Gasteiger partial charge in [-0.3, -0.25) is 4.90 Å². The number of nitrogens with one attached hydrogen (secondary N) is 1. The number of nitrogens with zero attached hydrogens (tertiary/aromatic N) is 1. The predicted octanol–water partition coefficient (Wildman–Crippen LogP) is 1.99. The first-order valence-electron chi connectivity index (χ1n) is 7.09. The molecule has 4 nitrogen and oxygen atoms in total. The monoisotopic (exact) mass is 262 g/mol. The zero-order valence-electron chi connectivity index (χ0n) is 11.7. The van der Waals surface area contributed by atoms with E-state index in [4.69, 9.17) is 9.47 Å².